The van der Waals surface area contributed by atoms with E-state index < -0.39 is 5.97 Å². The number of aliphatic carboxylic acids is 1. The van der Waals surface area contributed by atoms with Crippen LogP contribution in [-0.4, -0.2) is 22.3 Å². The van der Waals surface area contributed by atoms with Crippen molar-refractivity contribution in [2.75, 3.05) is 0 Å². The van der Waals surface area contributed by atoms with Crippen molar-refractivity contribution in [2.24, 2.45) is 0 Å². The van der Waals surface area contributed by atoms with Gasteiger partial charge in [0.2, 0.25) is 0 Å². The molecule has 0 unspecified atom stereocenters. The van der Waals surface area contributed by atoms with Crippen LogP contribution < -0.4 is 0 Å². The van der Waals surface area contributed by atoms with E-state index in [1.807, 2.05) is 0 Å². The number of unbranched alkanes of at least 4 members (excludes halogenated alkanes) is 8. The van der Waals surface area contributed by atoms with Crippen LogP contribution in [0.2, 0.25) is 0 Å². The molecule has 0 spiro atoms. The van der Waals surface area contributed by atoms with E-state index in [-0.39, 0.29) is 12.5 Å². The van der Waals surface area contributed by atoms with E-state index in [0.29, 0.717) is 0 Å². The Morgan fingerprint density at radius 3 is 1.84 bits per heavy atom. The second kappa shape index (κ2) is 13.9. The molecule has 114 valence electrons. The zero-order valence-corrected chi connectivity index (χ0v) is 12.6. The lowest BCUT2D eigenvalue weighted by molar-refractivity contribution is -0.137. The van der Waals surface area contributed by atoms with Crippen LogP contribution in [-0.2, 0) is 4.79 Å². The first-order valence-corrected chi connectivity index (χ1v) is 8.06. The summed E-state index contributed by atoms with van der Waals surface area (Å²) in [5.74, 6) is -0.719. The van der Waals surface area contributed by atoms with Crippen LogP contribution in [0.3, 0.4) is 0 Å². The largest absolute Gasteiger partial charge is 0.481 e. The van der Waals surface area contributed by atoms with Crippen molar-refractivity contribution >= 4 is 5.97 Å². The third-order valence-electron chi connectivity index (χ3n) is 3.57. The summed E-state index contributed by atoms with van der Waals surface area (Å²) in [7, 11) is 0. The van der Waals surface area contributed by atoms with Crippen molar-refractivity contribution < 1.29 is 15.0 Å². The molecule has 0 aliphatic heterocycles. The number of aliphatic hydroxyl groups is 1. The third-order valence-corrected chi connectivity index (χ3v) is 3.57. The van der Waals surface area contributed by atoms with E-state index in [9.17, 15) is 9.90 Å². The zero-order chi connectivity index (χ0) is 14.3. The second-order valence-corrected chi connectivity index (χ2v) is 5.56. The summed E-state index contributed by atoms with van der Waals surface area (Å²) >= 11 is 0. The van der Waals surface area contributed by atoms with Gasteiger partial charge in [-0.2, -0.15) is 0 Å². The fraction of sp³-hybridized carbons (Fsp3) is 0.938. The van der Waals surface area contributed by atoms with Crippen LogP contribution in [0.5, 0.6) is 0 Å². The fourth-order valence-electron chi connectivity index (χ4n) is 2.31. The molecule has 0 amide bonds. The Kier molecular flexibility index (Phi) is 13.4. The number of rotatable bonds is 14. The van der Waals surface area contributed by atoms with Crippen molar-refractivity contribution in [2.45, 2.75) is 96.5 Å². The lowest BCUT2D eigenvalue weighted by Crippen LogP contribution is -2.06. The molecule has 0 aromatic rings. The molecule has 0 saturated carbocycles. The minimum absolute atomic E-state index is 0.180. The van der Waals surface area contributed by atoms with Crippen molar-refractivity contribution in [3.05, 3.63) is 0 Å². The van der Waals surface area contributed by atoms with Crippen molar-refractivity contribution in [1.29, 1.82) is 0 Å². The zero-order valence-electron chi connectivity index (χ0n) is 12.6. The molecule has 3 heteroatoms. The van der Waals surface area contributed by atoms with E-state index in [4.69, 9.17) is 5.11 Å². The molecule has 19 heavy (non-hydrogen) atoms. The highest BCUT2D eigenvalue weighted by Gasteiger charge is 2.04. The standard InChI is InChI=1S/C16H32O3/c1-2-3-4-5-6-7-9-12-15(17)13-10-8-11-14-16(18)19/h15,17H,2-14H2,1H3,(H,18,19)/t15-/m0/s1. The number of hydrogen-bond acceptors (Lipinski definition) is 2. The van der Waals surface area contributed by atoms with Gasteiger partial charge in [-0.15, -0.1) is 0 Å². The van der Waals surface area contributed by atoms with Gasteiger partial charge in [-0.3, -0.25) is 4.79 Å². The Hall–Kier alpha value is -0.570. The summed E-state index contributed by atoms with van der Waals surface area (Å²) in [6, 6.07) is 0. The number of carbonyl (C=O) groups is 1. The van der Waals surface area contributed by atoms with Gasteiger partial charge in [0.1, 0.15) is 0 Å². The predicted octanol–water partition coefficient (Wildman–Crippen LogP) is 4.52. The monoisotopic (exact) mass is 272 g/mol. The fourth-order valence-corrected chi connectivity index (χ4v) is 2.31. The molecule has 0 radical (unpaired) electrons. The first-order chi connectivity index (χ1) is 9.16. The van der Waals surface area contributed by atoms with E-state index >= 15 is 0 Å². The summed E-state index contributed by atoms with van der Waals surface area (Å²) in [5.41, 5.74) is 0. The molecule has 0 aromatic carbocycles. The van der Waals surface area contributed by atoms with Crippen molar-refractivity contribution in [3.63, 3.8) is 0 Å². The van der Waals surface area contributed by atoms with E-state index in [1.54, 1.807) is 0 Å². The van der Waals surface area contributed by atoms with Gasteiger partial charge in [0.05, 0.1) is 6.10 Å². The van der Waals surface area contributed by atoms with E-state index in [2.05, 4.69) is 6.92 Å². The van der Waals surface area contributed by atoms with Gasteiger partial charge in [0, 0.05) is 6.42 Å². The first-order valence-electron chi connectivity index (χ1n) is 8.06. The molecule has 0 aromatic heterocycles. The van der Waals surface area contributed by atoms with E-state index in [1.165, 1.54) is 38.5 Å². The molecule has 0 heterocycles. The average molecular weight is 272 g/mol. The van der Waals surface area contributed by atoms with Gasteiger partial charge >= 0.3 is 5.97 Å². The molecule has 0 bridgehead atoms. The SMILES string of the molecule is CCCCCCCCC[C@H](O)CCCCCC(=O)O. The topological polar surface area (TPSA) is 57.5 Å². The molecule has 0 fully saturated rings. The Labute approximate surface area is 118 Å². The Morgan fingerprint density at radius 1 is 0.842 bits per heavy atom. The summed E-state index contributed by atoms with van der Waals surface area (Å²) in [4.78, 5) is 10.3. The summed E-state index contributed by atoms with van der Waals surface area (Å²) in [6.45, 7) is 2.23. The van der Waals surface area contributed by atoms with Crippen molar-refractivity contribution in [3.8, 4) is 0 Å². The third kappa shape index (κ3) is 15.4. The van der Waals surface area contributed by atoms with Crippen LogP contribution in [0, 0.1) is 0 Å². The van der Waals surface area contributed by atoms with Gasteiger partial charge in [-0.25, -0.2) is 0 Å². The van der Waals surface area contributed by atoms with Crippen molar-refractivity contribution in [1.82, 2.24) is 0 Å². The quantitative estimate of drug-likeness (QED) is 0.457. The maximum atomic E-state index is 10.3. The van der Waals surface area contributed by atoms with Crippen LogP contribution in [0.15, 0.2) is 0 Å². The van der Waals surface area contributed by atoms with Crippen LogP contribution in [0.1, 0.15) is 90.4 Å². The Bertz CT molecular complexity index is 204. The molecule has 1 atom stereocenters. The van der Waals surface area contributed by atoms with Gasteiger partial charge in [0.25, 0.3) is 0 Å². The lowest BCUT2D eigenvalue weighted by Gasteiger charge is -2.10. The maximum absolute atomic E-state index is 10.3. The maximum Gasteiger partial charge on any atom is 0.303 e. The number of hydrogen-bond donors (Lipinski definition) is 2. The number of carboxylic acid groups (broad SMARTS) is 1. The minimum Gasteiger partial charge on any atom is -0.481 e. The molecule has 0 saturated heterocycles. The van der Waals surface area contributed by atoms with E-state index in [0.717, 1.165) is 38.5 Å². The summed E-state index contributed by atoms with van der Waals surface area (Å²) < 4.78 is 0. The van der Waals surface area contributed by atoms with Crippen LogP contribution in [0.4, 0.5) is 0 Å². The molecule has 0 aliphatic rings. The highest BCUT2D eigenvalue weighted by molar-refractivity contribution is 5.66. The Morgan fingerprint density at radius 2 is 1.32 bits per heavy atom. The molecular weight excluding hydrogens is 240 g/mol. The van der Waals surface area contributed by atoms with Crippen LogP contribution >= 0.6 is 0 Å². The molecule has 2 N–H and O–H groups in total. The van der Waals surface area contributed by atoms with Gasteiger partial charge in [-0.1, -0.05) is 64.7 Å². The summed E-state index contributed by atoms with van der Waals surface area (Å²) in [6.07, 6.45) is 13.4. The average Bonchev–Trinajstić information content (AvgIpc) is 2.37. The number of aliphatic hydroxyl groups excluding tert-OH is 1. The first kappa shape index (κ1) is 18.4. The predicted molar refractivity (Wildman–Crippen MR) is 79.3 cm³/mol. The van der Waals surface area contributed by atoms with Gasteiger partial charge in [0.15, 0.2) is 0 Å². The minimum atomic E-state index is -0.719. The molecule has 3 nitrogen and oxygen atoms in total. The van der Waals surface area contributed by atoms with Gasteiger partial charge in [-0.05, 0) is 19.3 Å². The highest BCUT2D eigenvalue weighted by atomic mass is 16.4. The Balaban J connectivity index is 3.16. The highest BCUT2D eigenvalue weighted by Crippen LogP contribution is 2.13. The molecule has 0 aliphatic carbocycles. The second-order valence-electron chi connectivity index (χ2n) is 5.56. The lowest BCUT2D eigenvalue weighted by atomic mass is 10.0. The summed E-state index contributed by atoms with van der Waals surface area (Å²) in [5, 5.41) is 18.3. The molecular formula is C16H32O3. The van der Waals surface area contributed by atoms with Gasteiger partial charge < -0.3 is 10.2 Å². The smallest absolute Gasteiger partial charge is 0.303 e. The molecule has 0 rings (SSSR count). The number of carboxylic acids is 1. The normalized spacial score (nSPS) is 12.5. The van der Waals surface area contributed by atoms with Crippen LogP contribution in [0.25, 0.3) is 0 Å².